The Kier molecular flexibility index (Phi) is 2.53. The molecule has 0 bridgehead atoms. The van der Waals surface area contributed by atoms with Crippen molar-refractivity contribution >= 4 is 5.82 Å². The minimum atomic E-state index is -0.0673. The van der Waals surface area contributed by atoms with Gasteiger partial charge in [-0.05, 0) is 22.8 Å². The maximum Gasteiger partial charge on any atom is 0.130 e. The zero-order chi connectivity index (χ0) is 11.7. The molecule has 1 aliphatic heterocycles. The fourth-order valence-corrected chi connectivity index (χ4v) is 2.34. The Morgan fingerprint density at radius 2 is 2.00 bits per heavy atom. The maximum atomic E-state index is 9.50. The van der Waals surface area contributed by atoms with Gasteiger partial charge >= 0.3 is 0 Å². The van der Waals surface area contributed by atoms with E-state index in [9.17, 15) is 5.11 Å². The van der Waals surface area contributed by atoms with Crippen molar-refractivity contribution in [1.82, 2.24) is 4.98 Å². The first kappa shape index (κ1) is 10.3. The topological polar surface area (TPSA) is 45.1 Å². The summed E-state index contributed by atoms with van der Waals surface area (Å²) in [5.41, 5.74) is 3.59. The second-order valence-corrected chi connectivity index (χ2v) is 4.27. The highest BCUT2D eigenvalue weighted by Gasteiger charge is 2.20. The van der Waals surface area contributed by atoms with Gasteiger partial charge in [-0.15, -0.1) is 0 Å². The Hall–Kier alpha value is -1.87. The first-order chi connectivity index (χ1) is 8.38. The predicted octanol–water partition coefficient (Wildman–Crippen LogP) is 2.13. The van der Waals surface area contributed by atoms with Crippen molar-refractivity contribution in [2.75, 3.05) is 11.9 Å². The Morgan fingerprint density at radius 1 is 1.18 bits per heavy atom. The zero-order valence-electron chi connectivity index (χ0n) is 9.43. The fourth-order valence-electron chi connectivity index (χ4n) is 2.34. The summed E-state index contributed by atoms with van der Waals surface area (Å²) in [4.78, 5) is 4.34. The number of pyridine rings is 1. The van der Waals surface area contributed by atoms with Gasteiger partial charge in [0.15, 0.2) is 0 Å². The van der Waals surface area contributed by atoms with Gasteiger partial charge in [-0.1, -0.05) is 30.3 Å². The van der Waals surface area contributed by atoms with Gasteiger partial charge in [-0.2, -0.15) is 0 Å². The summed E-state index contributed by atoms with van der Waals surface area (Å²) in [6, 6.07) is 12.2. The molecule has 0 saturated heterocycles. The molecule has 1 atom stereocenters. The van der Waals surface area contributed by atoms with Gasteiger partial charge in [0.05, 0.1) is 12.6 Å². The molecule has 2 heterocycles. The first-order valence-corrected chi connectivity index (χ1v) is 5.77. The van der Waals surface area contributed by atoms with Crippen LogP contribution in [0.2, 0.25) is 0 Å². The normalized spacial score (nSPS) is 17.6. The van der Waals surface area contributed by atoms with Crippen molar-refractivity contribution in [2.24, 2.45) is 0 Å². The second kappa shape index (κ2) is 4.18. The van der Waals surface area contributed by atoms with E-state index >= 15 is 0 Å². The summed E-state index contributed by atoms with van der Waals surface area (Å²) >= 11 is 0. The van der Waals surface area contributed by atoms with Crippen molar-refractivity contribution in [3.05, 3.63) is 59.3 Å². The molecule has 0 fully saturated rings. The van der Waals surface area contributed by atoms with Crippen LogP contribution in [-0.4, -0.2) is 16.7 Å². The Morgan fingerprint density at radius 3 is 2.88 bits per heavy atom. The van der Waals surface area contributed by atoms with Crippen LogP contribution in [0, 0.1) is 0 Å². The average molecular weight is 226 g/mol. The number of nitrogens with one attached hydrogen (secondary N) is 1. The van der Waals surface area contributed by atoms with E-state index in [0.29, 0.717) is 0 Å². The van der Waals surface area contributed by atoms with Gasteiger partial charge in [-0.3, -0.25) is 0 Å². The van der Waals surface area contributed by atoms with E-state index < -0.39 is 0 Å². The number of nitrogens with zero attached hydrogens (tertiary/aromatic N) is 1. The molecule has 3 nitrogen and oxygen atoms in total. The third kappa shape index (κ3) is 1.78. The Bertz CT molecular complexity index is 539. The number of anilines is 1. The van der Waals surface area contributed by atoms with E-state index in [4.69, 9.17) is 0 Å². The van der Waals surface area contributed by atoms with E-state index in [1.807, 2.05) is 18.2 Å². The number of benzene rings is 1. The van der Waals surface area contributed by atoms with Crippen LogP contribution in [0.3, 0.4) is 0 Å². The third-order valence-electron chi connectivity index (χ3n) is 3.20. The number of rotatable bonds is 1. The minimum Gasteiger partial charge on any atom is -0.394 e. The fraction of sp³-hybridized carbons (Fsp3) is 0.214. The maximum absolute atomic E-state index is 9.50. The van der Waals surface area contributed by atoms with Crippen molar-refractivity contribution in [2.45, 2.75) is 12.5 Å². The minimum absolute atomic E-state index is 0.0673. The Balaban J connectivity index is 2.13. The molecular weight excluding hydrogens is 212 g/mol. The molecule has 0 radical (unpaired) electrons. The van der Waals surface area contributed by atoms with E-state index in [-0.39, 0.29) is 12.6 Å². The lowest BCUT2D eigenvalue weighted by molar-refractivity contribution is 0.276. The monoisotopic (exact) mass is 226 g/mol. The molecule has 3 rings (SSSR count). The molecule has 86 valence electrons. The highest BCUT2D eigenvalue weighted by atomic mass is 16.3. The highest BCUT2D eigenvalue weighted by Crippen LogP contribution is 2.30. The number of aromatic nitrogens is 1. The molecule has 1 aliphatic rings. The first-order valence-electron chi connectivity index (χ1n) is 5.77. The van der Waals surface area contributed by atoms with Crippen molar-refractivity contribution in [1.29, 1.82) is 0 Å². The molecule has 0 saturated carbocycles. The number of hydrogen-bond donors (Lipinski definition) is 2. The number of aliphatic hydroxyl groups excluding tert-OH is 1. The van der Waals surface area contributed by atoms with Gasteiger partial charge in [0.2, 0.25) is 0 Å². The third-order valence-corrected chi connectivity index (χ3v) is 3.20. The molecule has 1 aromatic heterocycles. The molecule has 3 heteroatoms. The van der Waals surface area contributed by atoms with Crippen LogP contribution in [0.15, 0.2) is 42.6 Å². The number of hydrogen-bond acceptors (Lipinski definition) is 3. The molecule has 2 aromatic rings. The quantitative estimate of drug-likeness (QED) is 0.783. The second-order valence-electron chi connectivity index (χ2n) is 4.27. The summed E-state index contributed by atoms with van der Waals surface area (Å²) < 4.78 is 0. The van der Waals surface area contributed by atoms with Crippen LogP contribution < -0.4 is 5.32 Å². The zero-order valence-corrected chi connectivity index (χ0v) is 9.43. The summed E-state index contributed by atoms with van der Waals surface area (Å²) in [5.74, 6) is 0.878. The van der Waals surface area contributed by atoms with Gasteiger partial charge in [0.1, 0.15) is 5.82 Å². The largest absolute Gasteiger partial charge is 0.394 e. The van der Waals surface area contributed by atoms with Gasteiger partial charge in [0, 0.05) is 12.6 Å². The van der Waals surface area contributed by atoms with Gasteiger partial charge < -0.3 is 10.4 Å². The molecule has 1 aromatic carbocycles. The number of aliphatic hydroxyl groups is 1. The average Bonchev–Trinajstić information content (AvgIpc) is 2.54. The highest BCUT2D eigenvalue weighted by molar-refractivity contribution is 5.53. The van der Waals surface area contributed by atoms with E-state index in [2.05, 4.69) is 28.5 Å². The summed E-state index contributed by atoms with van der Waals surface area (Å²) in [7, 11) is 0. The van der Waals surface area contributed by atoms with Crippen LogP contribution in [0.5, 0.6) is 0 Å². The standard InChI is InChI=1S/C14H14N2O/c17-9-13-12-6-2-1-4-10(12)8-11-5-3-7-15-14(11)16-13/h1-7,13,17H,8-9H2,(H,15,16). The molecule has 17 heavy (non-hydrogen) atoms. The molecule has 0 spiro atoms. The van der Waals surface area contributed by atoms with E-state index in [1.54, 1.807) is 6.20 Å². The van der Waals surface area contributed by atoms with E-state index in [0.717, 1.165) is 17.8 Å². The van der Waals surface area contributed by atoms with Crippen LogP contribution in [-0.2, 0) is 6.42 Å². The van der Waals surface area contributed by atoms with E-state index in [1.165, 1.54) is 11.1 Å². The Labute approximate surface area is 100 Å². The van der Waals surface area contributed by atoms with Crippen LogP contribution in [0.25, 0.3) is 0 Å². The lowest BCUT2D eigenvalue weighted by atomic mass is 9.98. The van der Waals surface area contributed by atoms with Crippen molar-refractivity contribution < 1.29 is 5.11 Å². The van der Waals surface area contributed by atoms with Crippen LogP contribution in [0.4, 0.5) is 5.82 Å². The predicted molar refractivity (Wildman–Crippen MR) is 66.9 cm³/mol. The summed E-state index contributed by atoms with van der Waals surface area (Å²) in [5, 5.41) is 12.8. The molecule has 0 aliphatic carbocycles. The van der Waals surface area contributed by atoms with Crippen LogP contribution in [0.1, 0.15) is 22.7 Å². The van der Waals surface area contributed by atoms with Gasteiger partial charge in [-0.25, -0.2) is 4.98 Å². The molecule has 2 N–H and O–H groups in total. The van der Waals surface area contributed by atoms with Crippen molar-refractivity contribution in [3.63, 3.8) is 0 Å². The molecule has 0 amide bonds. The summed E-state index contributed by atoms with van der Waals surface area (Å²) in [6.45, 7) is 0.0764. The molecular formula is C14H14N2O. The number of fused-ring (bicyclic) bond motifs is 2. The molecule has 1 unspecified atom stereocenters. The lowest BCUT2D eigenvalue weighted by Gasteiger charge is -2.16. The summed E-state index contributed by atoms with van der Waals surface area (Å²) in [6.07, 6.45) is 2.64. The van der Waals surface area contributed by atoms with Gasteiger partial charge in [0.25, 0.3) is 0 Å². The van der Waals surface area contributed by atoms with Crippen molar-refractivity contribution in [3.8, 4) is 0 Å². The lowest BCUT2D eigenvalue weighted by Crippen LogP contribution is -2.15. The SMILES string of the molecule is OCC1Nc2ncccc2Cc2ccccc21. The smallest absolute Gasteiger partial charge is 0.130 e. The van der Waals surface area contributed by atoms with Crippen LogP contribution >= 0.6 is 0 Å².